The maximum atomic E-state index is 3.32. The third kappa shape index (κ3) is 3.12. The van der Waals surface area contributed by atoms with Crippen LogP contribution in [0.25, 0.3) is 10.8 Å². The molecule has 1 saturated heterocycles. The van der Waals surface area contributed by atoms with Crippen molar-refractivity contribution in [1.29, 1.82) is 0 Å². The van der Waals surface area contributed by atoms with Crippen LogP contribution in [0.4, 0.5) is 0 Å². The van der Waals surface area contributed by atoms with Gasteiger partial charge >= 0.3 is 0 Å². The molecule has 2 nitrogen and oxygen atoms in total. The Labute approximate surface area is 128 Å². The molecule has 1 aliphatic heterocycles. The van der Waals surface area contributed by atoms with E-state index in [9.17, 15) is 0 Å². The molecule has 0 spiro atoms. The molecular formula is C19H26N2. The molecule has 1 heterocycles. The lowest BCUT2D eigenvalue weighted by Gasteiger charge is -2.36. The van der Waals surface area contributed by atoms with Gasteiger partial charge in [-0.15, -0.1) is 0 Å². The number of hydrogen-bond acceptors (Lipinski definition) is 2. The Morgan fingerprint density at radius 3 is 2.57 bits per heavy atom. The van der Waals surface area contributed by atoms with Crippen molar-refractivity contribution in [3.63, 3.8) is 0 Å². The lowest BCUT2D eigenvalue weighted by Crippen LogP contribution is -2.38. The monoisotopic (exact) mass is 282 g/mol. The summed E-state index contributed by atoms with van der Waals surface area (Å²) in [6.07, 6.45) is 2.63. The fourth-order valence-electron chi connectivity index (χ4n) is 3.64. The van der Waals surface area contributed by atoms with Gasteiger partial charge in [-0.25, -0.2) is 0 Å². The van der Waals surface area contributed by atoms with E-state index in [1.807, 2.05) is 0 Å². The zero-order valence-corrected chi connectivity index (χ0v) is 13.2. The Kier molecular flexibility index (Phi) is 4.57. The highest BCUT2D eigenvalue weighted by molar-refractivity contribution is 5.86. The van der Waals surface area contributed by atoms with E-state index in [0.29, 0.717) is 6.04 Å². The van der Waals surface area contributed by atoms with Crippen molar-refractivity contribution in [2.75, 3.05) is 26.7 Å². The molecule has 2 heteroatoms. The molecule has 112 valence electrons. The molecule has 2 aromatic carbocycles. The Hall–Kier alpha value is -1.38. The molecule has 0 aromatic heterocycles. The summed E-state index contributed by atoms with van der Waals surface area (Å²) in [6, 6.07) is 16.0. The number of rotatable bonds is 4. The minimum Gasteiger partial charge on any atom is -0.319 e. The summed E-state index contributed by atoms with van der Waals surface area (Å²) >= 11 is 0. The molecule has 1 fully saturated rings. The largest absolute Gasteiger partial charge is 0.319 e. The van der Waals surface area contributed by atoms with Crippen molar-refractivity contribution < 1.29 is 0 Å². The minimum atomic E-state index is 0.506. The third-order valence-electron chi connectivity index (χ3n) is 4.96. The van der Waals surface area contributed by atoms with Gasteiger partial charge in [0.25, 0.3) is 0 Å². The van der Waals surface area contributed by atoms with Crippen LogP contribution in [0.5, 0.6) is 0 Å². The maximum Gasteiger partial charge on any atom is 0.0326 e. The van der Waals surface area contributed by atoms with E-state index in [2.05, 4.69) is 66.7 Å². The average molecular weight is 282 g/mol. The summed E-state index contributed by atoms with van der Waals surface area (Å²) in [5.74, 6) is 0.853. The number of nitrogens with zero attached hydrogens (tertiary/aromatic N) is 1. The van der Waals surface area contributed by atoms with Crippen LogP contribution in [0.3, 0.4) is 0 Å². The second kappa shape index (κ2) is 6.59. The Morgan fingerprint density at radius 2 is 1.81 bits per heavy atom. The van der Waals surface area contributed by atoms with Crippen LogP contribution < -0.4 is 5.32 Å². The van der Waals surface area contributed by atoms with E-state index < -0.39 is 0 Å². The molecule has 0 saturated carbocycles. The summed E-state index contributed by atoms with van der Waals surface area (Å²) in [7, 11) is 2.06. The molecule has 0 aliphatic carbocycles. The highest BCUT2D eigenvalue weighted by Crippen LogP contribution is 2.30. The molecule has 1 N–H and O–H groups in total. The molecule has 0 bridgehead atoms. The summed E-state index contributed by atoms with van der Waals surface area (Å²) < 4.78 is 0. The van der Waals surface area contributed by atoms with Gasteiger partial charge in [0, 0.05) is 6.04 Å². The molecule has 1 aliphatic rings. The lowest BCUT2D eigenvalue weighted by atomic mass is 9.93. The van der Waals surface area contributed by atoms with Gasteiger partial charge in [0.15, 0.2) is 0 Å². The smallest absolute Gasteiger partial charge is 0.0326 e. The number of hydrogen-bond donors (Lipinski definition) is 1. The first-order valence-electron chi connectivity index (χ1n) is 8.16. The van der Waals surface area contributed by atoms with Crippen LogP contribution in [-0.4, -0.2) is 31.6 Å². The van der Waals surface area contributed by atoms with E-state index in [-0.39, 0.29) is 0 Å². The van der Waals surface area contributed by atoms with Crippen molar-refractivity contribution in [1.82, 2.24) is 10.2 Å². The molecule has 3 rings (SSSR count). The predicted octanol–water partition coefficient (Wildman–Crippen LogP) is 3.83. The van der Waals surface area contributed by atoms with Gasteiger partial charge in [0.2, 0.25) is 0 Å². The number of nitrogens with one attached hydrogen (secondary N) is 1. The van der Waals surface area contributed by atoms with E-state index in [1.165, 1.54) is 42.3 Å². The van der Waals surface area contributed by atoms with E-state index in [1.54, 1.807) is 0 Å². The first-order valence-corrected chi connectivity index (χ1v) is 8.16. The molecule has 0 amide bonds. The van der Waals surface area contributed by atoms with E-state index in [4.69, 9.17) is 0 Å². The van der Waals surface area contributed by atoms with Crippen molar-refractivity contribution in [3.8, 4) is 0 Å². The summed E-state index contributed by atoms with van der Waals surface area (Å²) in [5, 5.41) is 6.08. The van der Waals surface area contributed by atoms with Gasteiger partial charge in [-0.2, -0.15) is 0 Å². The third-order valence-corrected chi connectivity index (χ3v) is 4.96. The van der Waals surface area contributed by atoms with Crippen LogP contribution in [0.2, 0.25) is 0 Å². The number of benzene rings is 2. The average Bonchev–Trinajstić information content (AvgIpc) is 2.55. The quantitative estimate of drug-likeness (QED) is 0.917. The van der Waals surface area contributed by atoms with E-state index >= 15 is 0 Å². The SMILES string of the molecule is CNCC1CCN(C(C)c2cccc3ccccc23)CC1. The first-order chi connectivity index (χ1) is 10.3. The highest BCUT2D eigenvalue weighted by Gasteiger charge is 2.23. The van der Waals surface area contributed by atoms with Gasteiger partial charge in [-0.1, -0.05) is 42.5 Å². The molecule has 1 unspecified atom stereocenters. The Balaban J connectivity index is 1.77. The highest BCUT2D eigenvalue weighted by atomic mass is 15.2. The second-order valence-electron chi connectivity index (χ2n) is 6.28. The number of piperidine rings is 1. The maximum absolute atomic E-state index is 3.32. The lowest BCUT2D eigenvalue weighted by molar-refractivity contribution is 0.142. The van der Waals surface area contributed by atoms with Crippen LogP contribution in [0.15, 0.2) is 42.5 Å². The minimum absolute atomic E-state index is 0.506. The Morgan fingerprint density at radius 1 is 1.10 bits per heavy atom. The second-order valence-corrected chi connectivity index (χ2v) is 6.28. The summed E-state index contributed by atoms with van der Waals surface area (Å²) in [4.78, 5) is 2.65. The van der Waals surface area contributed by atoms with Gasteiger partial charge in [-0.05, 0) is 68.7 Å². The number of likely N-dealkylation sites (tertiary alicyclic amines) is 1. The van der Waals surface area contributed by atoms with Crippen molar-refractivity contribution in [3.05, 3.63) is 48.0 Å². The first kappa shape index (κ1) is 14.6. The van der Waals surface area contributed by atoms with Gasteiger partial charge < -0.3 is 5.32 Å². The zero-order valence-electron chi connectivity index (χ0n) is 13.2. The fraction of sp³-hybridized carbons (Fsp3) is 0.474. The molecule has 21 heavy (non-hydrogen) atoms. The molecule has 2 aromatic rings. The van der Waals surface area contributed by atoms with Gasteiger partial charge in [0.05, 0.1) is 0 Å². The van der Waals surface area contributed by atoms with Crippen molar-refractivity contribution in [2.24, 2.45) is 5.92 Å². The van der Waals surface area contributed by atoms with Gasteiger partial charge in [-0.3, -0.25) is 4.90 Å². The number of fused-ring (bicyclic) bond motifs is 1. The van der Waals surface area contributed by atoms with Crippen LogP contribution in [-0.2, 0) is 0 Å². The molecule has 1 atom stereocenters. The molecular weight excluding hydrogens is 256 g/mol. The van der Waals surface area contributed by atoms with Crippen LogP contribution in [0, 0.1) is 5.92 Å². The van der Waals surface area contributed by atoms with Gasteiger partial charge in [0.1, 0.15) is 0 Å². The topological polar surface area (TPSA) is 15.3 Å². The normalized spacial score (nSPS) is 19.0. The van der Waals surface area contributed by atoms with Crippen molar-refractivity contribution in [2.45, 2.75) is 25.8 Å². The summed E-state index contributed by atoms with van der Waals surface area (Å²) in [6.45, 7) is 5.96. The van der Waals surface area contributed by atoms with Crippen LogP contribution in [0.1, 0.15) is 31.4 Å². The van der Waals surface area contributed by atoms with E-state index in [0.717, 1.165) is 12.5 Å². The fourth-order valence-corrected chi connectivity index (χ4v) is 3.64. The molecule has 0 radical (unpaired) electrons. The summed E-state index contributed by atoms with van der Waals surface area (Å²) in [5.41, 5.74) is 1.47. The van der Waals surface area contributed by atoms with Crippen molar-refractivity contribution >= 4 is 10.8 Å². The Bertz CT molecular complexity index is 580. The zero-order chi connectivity index (χ0) is 14.7. The standard InChI is InChI=1S/C19H26N2/c1-15(21-12-10-16(11-13-21)14-20-2)18-9-5-7-17-6-3-4-8-19(17)18/h3-9,15-16,20H,10-14H2,1-2H3. The predicted molar refractivity (Wildman–Crippen MR) is 90.6 cm³/mol. The van der Waals surface area contributed by atoms with Crippen LogP contribution >= 0.6 is 0 Å².